The monoisotopic (exact) mass is 651 g/mol. The van der Waals surface area contributed by atoms with Crippen molar-refractivity contribution in [2.75, 3.05) is 0 Å². The Kier molecular flexibility index (Phi) is 13.8. The summed E-state index contributed by atoms with van der Waals surface area (Å²) < 4.78 is 209. The van der Waals surface area contributed by atoms with E-state index in [1.54, 1.807) is 0 Å². The number of aliphatic hydroxyl groups is 2. The molecular formula is C13H14F18NNbO2-. The first kappa shape index (κ1) is 41.3. The minimum atomic E-state index is -6.87. The predicted octanol–water partition coefficient (Wildman–Crippen LogP) is 6.77. The van der Waals surface area contributed by atoms with E-state index in [1.165, 1.54) is 20.9 Å². The second-order valence-corrected chi connectivity index (χ2v) is 7.17. The molecule has 0 bridgehead atoms. The smallest absolute Gasteiger partial charge is 0.367 e. The van der Waals surface area contributed by atoms with Gasteiger partial charge in [0.1, 0.15) is 0 Å². The van der Waals surface area contributed by atoms with E-state index in [4.69, 9.17) is 10.2 Å². The van der Waals surface area contributed by atoms with Gasteiger partial charge in [0.15, 0.2) is 0 Å². The largest absolute Gasteiger partial charge is 0.435 e. The topological polar surface area (TPSA) is 52.8 Å². The number of alkyl halides is 18. The minimum absolute atomic E-state index is 0. The Bertz CT molecular complexity index is 527. The first-order valence-corrected chi connectivity index (χ1v) is 8.26. The third-order valence-corrected chi connectivity index (χ3v) is 4.24. The van der Waals surface area contributed by atoms with E-state index in [-0.39, 0.29) is 13.0 Å². The molecule has 0 aromatic rings. The summed E-state index contributed by atoms with van der Waals surface area (Å²) in [4.78, 5) is 0. The average molecular weight is 651 g/mol. The van der Waals surface area contributed by atoms with Crippen LogP contribution >= 0.6 is 0 Å². The number of halogens is 18. The third-order valence-electron chi connectivity index (χ3n) is 2.76. The van der Waals surface area contributed by atoms with Crippen LogP contribution in [-0.2, 0) is 20.9 Å². The third kappa shape index (κ3) is 10.2. The van der Waals surface area contributed by atoms with Gasteiger partial charge in [0.25, 0.3) is 0 Å². The van der Waals surface area contributed by atoms with Crippen LogP contribution in [0.2, 0.25) is 0 Å². The molecule has 0 spiro atoms. The fraction of sp³-hybridized carbons (Fsp3) is 0.923. The van der Waals surface area contributed by atoms with Gasteiger partial charge in [0, 0.05) is 0 Å². The van der Waals surface area contributed by atoms with Crippen LogP contribution in [0.1, 0.15) is 20.8 Å². The Morgan fingerprint density at radius 1 is 0.429 bits per heavy atom. The maximum absolute atomic E-state index is 11.4. The molecule has 0 atom stereocenters. The molecule has 0 aliphatic rings. The zero-order chi connectivity index (χ0) is 29.2. The number of hydrogen-bond donors (Lipinski definition) is 2. The maximum atomic E-state index is 11.4. The quantitative estimate of drug-likeness (QED) is 0.173. The standard InChI is InChI=1S/2C4HF9O.C4H9N.CH3.Nb/c2*5-2(6,7)1(14,3(8,9)10)4(11,12)13;1-4(2,3)5;;/h2*14H;1-3H3;1H3;/q;;;-1;. The molecule has 0 saturated heterocycles. The Balaban J connectivity index is -0.000000219. The molecule has 215 valence electrons. The van der Waals surface area contributed by atoms with Gasteiger partial charge in [0.2, 0.25) is 0 Å². The van der Waals surface area contributed by atoms with Crippen LogP contribution < -0.4 is 0 Å². The van der Waals surface area contributed by atoms with Crippen LogP contribution in [0.15, 0.2) is 3.34 Å². The molecule has 0 aliphatic heterocycles. The zero-order valence-electron chi connectivity index (χ0n) is 17.1. The second kappa shape index (κ2) is 11.7. The molecule has 0 aromatic carbocycles. The van der Waals surface area contributed by atoms with Crippen LogP contribution in [0.5, 0.6) is 0 Å². The molecule has 0 aliphatic carbocycles. The van der Waals surface area contributed by atoms with Crippen LogP contribution in [-0.4, -0.2) is 64.0 Å². The molecular weight excluding hydrogens is 637 g/mol. The van der Waals surface area contributed by atoms with E-state index in [1.807, 2.05) is 0 Å². The Hall–Kier alpha value is -0.800. The average Bonchev–Trinajstić information content (AvgIpc) is 2.47. The van der Waals surface area contributed by atoms with E-state index < -0.39 is 48.3 Å². The summed E-state index contributed by atoms with van der Waals surface area (Å²) in [6, 6.07) is 0. The van der Waals surface area contributed by atoms with E-state index in [0.717, 1.165) is 0 Å². The summed E-state index contributed by atoms with van der Waals surface area (Å²) in [6.45, 7) is 6.27. The Morgan fingerprint density at radius 3 is 0.514 bits per heavy atom. The van der Waals surface area contributed by atoms with Crippen molar-refractivity contribution in [2.45, 2.75) is 74.6 Å². The van der Waals surface area contributed by atoms with Gasteiger partial charge < -0.3 is 17.6 Å². The fourth-order valence-corrected chi connectivity index (χ4v) is 0.964. The minimum Gasteiger partial charge on any atom is -0.367 e. The molecule has 3 nitrogen and oxygen atoms in total. The molecule has 2 N–H and O–H groups in total. The molecule has 0 fully saturated rings. The molecule has 0 saturated carbocycles. The Labute approximate surface area is 196 Å². The number of hydrogen-bond acceptors (Lipinski definition) is 3. The molecule has 0 radical (unpaired) electrons. The molecule has 22 heteroatoms. The van der Waals surface area contributed by atoms with Crippen molar-refractivity contribution in [1.82, 2.24) is 0 Å². The van der Waals surface area contributed by atoms with Gasteiger partial charge in [0.05, 0.1) is 0 Å². The van der Waals surface area contributed by atoms with Gasteiger partial charge in [-0.05, 0) is 0 Å². The van der Waals surface area contributed by atoms with E-state index in [2.05, 4.69) is 24.1 Å². The molecule has 0 amide bonds. The summed E-state index contributed by atoms with van der Waals surface area (Å²) in [5.74, 6) is 0. The van der Waals surface area contributed by atoms with Gasteiger partial charge in [-0.25, -0.2) is 0 Å². The van der Waals surface area contributed by atoms with E-state index in [0.29, 0.717) is 0 Å². The number of nitrogens with zero attached hydrogens (tertiary/aromatic N) is 1. The summed E-state index contributed by atoms with van der Waals surface area (Å²) in [7, 11) is 0. The van der Waals surface area contributed by atoms with Crippen molar-refractivity contribution in [3.8, 4) is 0 Å². The molecule has 0 rings (SSSR count). The van der Waals surface area contributed by atoms with Crippen LogP contribution in [0.25, 0.3) is 0 Å². The first-order valence-electron chi connectivity index (χ1n) is 7.27. The maximum Gasteiger partial charge on any atom is 0.435 e. The van der Waals surface area contributed by atoms with Gasteiger partial charge in [-0.1, -0.05) is 0 Å². The van der Waals surface area contributed by atoms with Crippen molar-refractivity contribution in [1.29, 1.82) is 0 Å². The van der Waals surface area contributed by atoms with Gasteiger partial charge >= 0.3 is 98.8 Å². The van der Waals surface area contributed by atoms with Gasteiger partial charge in [-0.3, -0.25) is 0 Å². The molecule has 0 heterocycles. The summed E-state index contributed by atoms with van der Waals surface area (Å²) in [5.41, 5.74) is -13.2. The van der Waals surface area contributed by atoms with Crippen molar-refractivity contribution < 1.29 is 110 Å². The van der Waals surface area contributed by atoms with Crippen molar-refractivity contribution >= 4 is 0 Å². The molecule has 0 aromatic heterocycles. The predicted molar refractivity (Wildman–Crippen MR) is 74.8 cm³/mol. The van der Waals surface area contributed by atoms with Crippen molar-refractivity contribution in [3.05, 3.63) is 7.43 Å². The molecule has 0 unspecified atom stereocenters. The molecule has 35 heavy (non-hydrogen) atoms. The van der Waals surface area contributed by atoms with Gasteiger partial charge in [-0.2, -0.15) is 79.0 Å². The summed E-state index contributed by atoms with van der Waals surface area (Å²) in [5, 5.41) is 15.3. The van der Waals surface area contributed by atoms with E-state index in [9.17, 15) is 79.0 Å². The van der Waals surface area contributed by atoms with E-state index >= 15 is 0 Å². The fourth-order valence-electron chi connectivity index (χ4n) is 0.964. The van der Waals surface area contributed by atoms with Crippen LogP contribution in [0, 0.1) is 7.43 Å². The van der Waals surface area contributed by atoms with Crippen LogP contribution in [0.4, 0.5) is 79.0 Å². The van der Waals surface area contributed by atoms with Gasteiger partial charge in [-0.15, -0.1) is 0 Å². The van der Waals surface area contributed by atoms with Crippen LogP contribution in [0.3, 0.4) is 0 Å². The van der Waals surface area contributed by atoms with Crippen molar-refractivity contribution in [3.63, 3.8) is 0 Å². The normalized spacial score (nSPS) is 14.6. The summed E-state index contributed by atoms with van der Waals surface area (Å²) >= 11 is 1.52. The zero-order valence-corrected chi connectivity index (χ0v) is 19.3. The summed E-state index contributed by atoms with van der Waals surface area (Å²) in [6.07, 6.45) is -41.2. The SMILES string of the molecule is CC(C)(C)[N]=[Nb].OC(C(F)(F)F)(C(F)(F)F)C(F)(F)F.OC(C(F)(F)F)(C(F)(F)F)C(F)(F)F.[CH3-]. The Morgan fingerprint density at radius 2 is 0.514 bits per heavy atom. The van der Waals surface area contributed by atoms with Crippen molar-refractivity contribution in [2.24, 2.45) is 3.34 Å². The second-order valence-electron chi connectivity index (χ2n) is 6.68. The number of rotatable bonds is 0. The first-order chi connectivity index (χ1) is 14.1.